The van der Waals surface area contributed by atoms with Gasteiger partial charge in [-0.25, -0.2) is 4.98 Å². The molecule has 5 heteroatoms. The zero-order valence-corrected chi connectivity index (χ0v) is 38.7. The van der Waals surface area contributed by atoms with E-state index < -0.39 is 0 Å². The topological polar surface area (TPSA) is 35.9 Å². The van der Waals surface area contributed by atoms with Gasteiger partial charge in [0, 0.05) is 23.0 Å². The lowest BCUT2D eigenvalue weighted by Crippen LogP contribution is -2.32. The number of aromatic nitrogens is 4. The fourth-order valence-corrected chi connectivity index (χ4v) is 10.1. The zero-order valence-electron chi connectivity index (χ0n) is 38.7. The molecule has 8 aromatic carbocycles. The molecule has 0 bridgehead atoms. The first-order valence-corrected chi connectivity index (χ1v) is 23.2. The summed E-state index contributed by atoms with van der Waals surface area (Å²) < 4.78 is 13.6. The van der Waals surface area contributed by atoms with E-state index in [1.807, 2.05) is 12.3 Å². The van der Waals surface area contributed by atoms with Crippen molar-refractivity contribution in [2.45, 2.75) is 52.4 Å². The second-order valence-electron chi connectivity index (χ2n) is 19.8. The summed E-state index contributed by atoms with van der Waals surface area (Å²) in [5, 5.41) is 2.32. The Labute approximate surface area is 391 Å². The number of rotatable bonds is 5. The summed E-state index contributed by atoms with van der Waals surface area (Å²) in [5.41, 5.74) is 18.2. The van der Waals surface area contributed by atoms with Crippen LogP contribution in [0.25, 0.3) is 94.5 Å². The van der Waals surface area contributed by atoms with E-state index in [0.29, 0.717) is 0 Å². The fraction of sp³-hybridized carbons (Fsp3) is 0.129. The van der Waals surface area contributed by atoms with Gasteiger partial charge in [-0.3, -0.25) is 13.7 Å². The van der Waals surface area contributed by atoms with Gasteiger partial charge in [-0.15, -0.1) is 0 Å². The third-order valence-electron chi connectivity index (χ3n) is 13.5. The molecule has 0 spiro atoms. The lowest BCUT2D eigenvalue weighted by molar-refractivity contribution is -0.570. The summed E-state index contributed by atoms with van der Waals surface area (Å²) in [6.45, 7) is 13.5. The Balaban J connectivity index is 1.03. The van der Waals surface area contributed by atoms with Crippen LogP contribution >= 0.6 is 0 Å². The van der Waals surface area contributed by atoms with Crippen molar-refractivity contribution < 1.29 is 9.30 Å². The van der Waals surface area contributed by atoms with Crippen LogP contribution in [-0.2, 0) is 10.8 Å². The summed E-state index contributed by atoms with van der Waals surface area (Å²) in [6.07, 6.45) is 5.87. The largest absolute Gasteiger partial charge is 0.458 e. The van der Waals surface area contributed by atoms with Crippen LogP contribution in [0.1, 0.15) is 52.7 Å². The molecule has 0 fully saturated rings. The minimum absolute atomic E-state index is 0.0193. The van der Waals surface area contributed by atoms with Gasteiger partial charge in [0.15, 0.2) is 0 Å². The normalized spacial score (nSPS) is 12.3. The number of hydrogen-bond acceptors (Lipinski definition) is 2. The van der Waals surface area contributed by atoms with E-state index in [9.17, 15) is 0 Å². The van der Waals surface area contributed by atoms with E-state index in [1.54, 1.807) is 0 Å². The average Bonchev–Trinajstić information content (AvgIpc) is 3.90. The van der Waals surface area contributed by atoms with E-state index in [2.05, 4.69) is 244 Å². The van der Waals surface area contributed by atoms with Crippen LogP contribution in [0.5, 0.6) is 11.5 Å². The first-order chi connectivity index (χ1) is 32.5. The van der Waals surface area contributed by atoms with Crippen molar-refractivity contribution in [1.29, 1.82) is 0 Å². The van der Waals surface area contributed by atoms with Crippen LogP contribution in [0, 0.1) is 6.33 Å². The highest BCUT2D eigenvalue weighted by molar-refractivity contribution is 6.09. The number of imidazole rings is 1. The van der Waals surface area contributed by atoms with Crippen molar-refractivity contribution in [3.63, 3.8) is 0 Å². The van der Waals surface area contributed by atoms with E-state index in [-0.39, 0.29) is 10.8 Å². The van der Waals surface area contributed by atoms with E-state index in [0.717, 1.165) is 78.4 Å². The summed E-state index contributed by atoms with van der Waals surface area (Å²) in [7, 11) is 0. The van der Waals surface area contributed by atoms with E-state index in [4.69, 9.17) is 9.72 Å². The first kappa shape index (κ1) is 40.5. The van der Waals surface area contributed by atoms with Gasteiger partial charge in [-0.1, -0.05) is 175 Å². The molecule has 4 heterocycles. The highest BCUT2D eigenvalue weighted by Gasteiger charge is 2.27. The molecule has 3 aromatic heterocycles. The van der Waals surface area contributed by atoms with Gasteiger partial charge in [0.05, 0.1) is 33.4 Å². The predicted octanol–water partition coefficient (Wildman–Crippen LogP) is 15.6. The lowest BCUT2D eigenvalue weighted by Gasteiger charge is -2.21. The van der Waals surface area contributed by atoms with Gasteiger partial charge in [-0.05, 0) is 115 Å². The Morgan fingerprint density at radius 2 is 1.04 bits per heavy atom. The zero-order chi connectivity index (χ0) is 45.6. The molecule has 1 aliphatic rings. The number of hydrogen-bond donors (Lipinski definition) is 0. The fourth-order valence-electron chi connectivity index (χ4n) is 10.1. The van der Waals surface area contributed by atoms with Gasteiger partial charge in [-0.2, -0.15) is 0 Å². The summed E-state index contributed by atoms with van der Waals surface area (Å²) >= 11 is 0. The van der Waals surface area contributed by atoms with Crippen LogP contribution in [-0.4, -0.2) is 14.1 Å². The summed E-state index contributed by atoms with van der Waals surface area (Å²) in [4.78, 5) is 4.90. The molecule has 0 saturated heterocycles. The summed E-state index contributed by atoms with van der Waals surface area (Å²) in [5.74, 6) is 2.36. The molecular weight excluding hydrogens is 817 g/mol. The van der Waals surface area contributed by atoms with Crippen molar-refractivity contribution in [3.05, 3.63) is 212 Å². The Kier molecular flexibility index (Phi) is 9.24. The molecule has 0 amide bonds. The number of nitrogens with zero attached hydrogens (tertiary/aromatic N) is 4. The van der Waals surface area contributed by atoms with Crippen LogP contribution in [0.3, 0.4) is 0 Å². The average molecular weight is 867 g/mol. The van der Waals surface area contributed by atoms with Gasteiger partial charge < -0.3 is 4.74 Å². The minimum atomic E-state index is -0.0193. The quantitative estimate of drug-likeness (QED) is 0.128. The van der Waals surface area contributed by atoms with Crippen LogP contribution < -0.4 is 9.30 Å². The molecule has 324 valence electrons. The molecule has 0 aliphatic carbocycles. The van der Waals surface area contributed by atoms with Crippen LogP contribution in [0.15, 0.2) is 194 Å². The van der Waals surface area contributed by atoms with Crippen molar-refractivity contribution in [2.24, 2.45) is 0 Å². The molecule has 11 aromatic rings. The molecule has 0 radical (unpaired) electrons. The molecular formula is C62H50N4O. The van der Waals surface area contributed by atoms with E-state index in [1.165, 1.54) is 38.8 Å². The van der Waals surface area contributed by atoms with Crippen molar-refractivity contribution in [3.8, 4) is 73.2 Å². The molecule has 0 atom stereocenters. The summed E-state index contributed by atoms with van der Waals surface area (Å²) in [6, 6.07) is 67.7. The SMILES string of the molecule is CC(C)(C)c1ccc(-c2cccc3c2-[n+]2[c-]n(-c4cccc(Oc5ccc6c7ccccc7n(-c7cc(C(C)(C)C)ccn7)c6c5)c4)c4cccc(c42)-c2ccccc2-c2ccccc2-3)cc1. The van der Waals surface area contributed by atoms with Crippen molar-refractivity contribution >= 4 is 32.8 Å². The number of para-hydroxylation sites is 3. The number of pyridine rings is 1. The Morgan fingerprint density at radius 1 is 0.463 bits per heavy atom. The van der Waals surface area contributed by atoms with Gasteiger partial charge in [0.2, 0.25) is 0 Å². The molecule has 0 saturated carbocycles. The Bertz CT molecular complexity index is 3740. The van der Waals surface area contributed by atoms with Crippen molar-refractivity contribution in [2.75, 3.05) is 0 Å². The molecule has 0 unspecified atom stereocenters. The third-order valence-corrected chi connectivity index (χ3v) is 13.5. The van der Waals surface area contributed by atoms with Crippen molar-refractivity contribution in [1.82, 2.24) is 14.1 Å². The molecule has 1 aliphatic heterocycles. The molecule has 12 rings (SSSR count). The second kappa shape index (κ2) is 15.3. The maximum absolute atomic E-state index is 6.84. The standard InChI is InChI=1S/C62H50N4O/c1-61(2,3)41-30-28-40(29-31-41)46-23-14-24-53-49-20-9-7-18-47(49)48-19-8-10-21-50(48)54-25-15-27-56-60(54)65(59(46)53)39-64(56)43-16-13-17-44(37-43)67-45-32-33-52-51-22-11-12-26-55(51)66(57(52)38-45)58-36-42(34-35-63-58)62(4,5)6/h7-38H,1-6H3. The highest BCUT2D eigenvalue weighted by Crippen LogP contribution is 2.45. The smallest absolute Gasteiger partial charge is 0.269 e. The first-order valence-electron chi connectivity index (χ1n) is 23.2. The number of ether oxygens (including phenoxy) is 1. The molecule has 5 nitrogen and oxygen atoms in total. The predicted molar refractivity (Wildman–Crippen MR) is 275 cm³/mol. The van der Waals surface area contributed by atoms with Gasteiger partial charge in [0.25, 0.3) is 6.33 Å². The Morgan fingerprint density at radius 3 is 1.79 bits per heavy atom. The minimum Gasteiger partial charge on any atom is -0.458 e. The monoisotopic (exact) mass is 866 g/mol. The number of benzene rings is 8. The van der Waals surface area contributed by atoms with Crippen LogP contribution in [0.4, 0.5) is 0 Å². The van der Waals surface area contributed by atoms with Gasteiger partial charge >= 0.3 is 0 Å². The van der Waals surface area contributed by atoms with E-state index >= 15 is 0 Å². The maximum Gasteiger partial charge on any atom is 0.269 e. The second-order valence-corrected chi connectivity index (χ2v) is 19.8. The Hall–Kier alpha value is -8.02. The molecule has 0 N–H and O–H groups in total. The lowest BCUT2D eigenvalue weighted by atomic mass is 9.85. The molecule has 67 heavy (non-hydrogen) atoms. The highest BCUT2D eigenvalue weighted by atomic mass is 16.5. The number of fused-ring (bicyclic) bond motifs is 10. The van der Waals surface area contributed by atoms with Gasteiger partial charge in [0.1, 0.15) is 17.3 Å². The van der Waals surface area contributed by atoms with Crippen LogP contribution in [0.2, 0.25) is 0 Å². The third kappa shape index (κ3) is 6.76. The maximum atomic E-state index is 6.84.